The molecular weight excluding hydrogens is 358 g/mol. The van der Waals surface area contributed by atoms with Gasteiger partial charge in [0, 0.05) is 5.56 Å². The van der Waals surface area contributed by atoms with E-state index in [4.69, 9.17) is 0 Å². The summed E-state index contributed by atoms with van der Waals surface area (Å²) in [6.07, 6.45) is 0.676. The second-order valence-corrected chi connectivity index (χ2v) is 8.28. The summed E-state index contributed by atoms with van der Waals surface area (Å²) in [5, 5.41) is 7.99. The van der Waals surface area contributed by atoms with Gasteiger partial charge in [-0.2, -0.15) is 0 Å². The van der Waals surface area contributed by atoms with E-state index in [9.17, 15) is 19.2 Å². The Labute approximate surface area is 166 Å². The lowest BCUT2D eigenvalue weighted by molar-refractivity contribution is -0.131. The van der Waals surface area contributed by atoms with Gasteiger partial charge >= 0.3 is 0 Å². The molecule has 154 valence electrons. The normalized spacial score (nSPS) is 14.5. The molecule has 0 fully saturated rings. The summed E-state index contributed by atoms with van der Waals surface area (Å²) < 4.78 is 0. The third-order valence-electron chi connectivity index (χ3n) is 4.37. The van der Waals surface area contributed by atoms with Crippen molar-refractivity contribution >= 4 is 24.0 Å². The monoisotopic (exact) mass is 389 g/mol. The molecule has 3 N–H and O–H groups in total. The quantitative estimate of drug-likeness (QED) is 0.588. The van der Waals surface area contributed by atoms with E-state index < -0.39 is 35.4 Å². The Bertz CT molecular complexity index is 695. The fourth-order valence-corrected chi connectivity index (χ4v) is 2.49. The van der Waals surface area contributed by atoms with Crippen LogP contribution in [0.2, 0.25) is 0 Å². The smallest absolute Gasteiger partial charge is 0.251 e. The summed E-state index contributed by atoms with van der Waals surface area (Å²) in [7, 11) is 0. The van der Waals surface area contributed by atoms with E-state index in [0.29, 0.717) is 11.8 Å². The molecule has 1 rings (SSSR count). The fraction of sp³-hybridized carbons (Fsp3) is 0.524. The number of carbonyl (C=O) groups excluding carboxylic acids is 4. The van der Waals surface area contributed by atoms with E-state index in [-0.39, 0.29) is 11.8 Å². The van der Waals surface area contributed by atoms with Crippen molar-refractivity contribution < 1.29 is 19.2 Å². The maximum Gasteiger partial charge on any atom is 0.251 e. The lowest BCUT2D eigenvalue weighted by atomic mass is 9.85. The predicted molar refractivity (Wildman–Crippen MR) is 108 cm³/mol. The molecule has 0 aliphatic carbocycles. The van der Waals surface area contributed by atoms with Gasteiger partial charge in [-0.3, -0.25) is 14.4 Å². The molecule has 0 saturated carbocycles. The van der Waals surface area contributed by atoms with Crippen molar-refractivity contribution in [2.45, 2.75) is 59.7 Å². The van der Waals surface area contributed by atoms with Crippen molar-refractivity contribution in [3.8, 4) is 0 Å². The third-order valence-corrected chi connectivity index (χ3v) is 4.37. The number of hydrogen-bond acceptors (Lipinski definition) is 4. The Kier molecular flexibility index (Phi) is 8.35. The molecule has 28 heavy (non-hydrogen) atoms. The van der Waals surface area contributed by atoms with Gasteiger partial charge in [0.25, 0.3) is 5.91 Å². The van der Waals surface area contributed by atoms with Crippen molar-refractivity contribution in [3.05, 3.63) is 35.9 Å². The number of benzene rings is 1. The minimum atomic E-state index is -0.854. The van der Waals surface area contributed by atoms with Gasteiger partial charge in [0.15, 0.2) is 0 Å². The maximum absolute atomic E-state index is 12.8. The van der Waals surface area contributed by atoms with Crippen molar-refractivity contribution in [1.29, 1.82) is 0 Å². The molecule has 3 amide bonds. The van der Waals surface area contributed by atoms with Gasteiger partial charge in [-0.1, -0.05) is 52.8 Å². The van der Waals surface area contributed by atoms with Crippen LogP contribution in [0.3, 0.4) is 0 Å². The second-order valence-electron chi connectivity index (χ2n) is 8.28. The zero-order valence-corrected chi connectivity index (χ0v) is 17.4. The second kappa shape index (κ2) is 10.0. The predicted octanol–water partition coefficient (Wildman–Crippen LogP) is 1.68. The van der Waals surface area contributed by atoms with Gasteiger partial charge in [0.2, 0.25) is 11.8 Å². The van der Waals surface area contributed by atoms with Crippen LogP contribution in [0.25, 0.3) is 0 Å². The van der Waals surface area contributed by atoms with Crippen molar-refractivity contribution in [2.24, 2.45) is 11.3 Å². The first-order valence-corrected chi connectivity index (χ1v) is 9.39. The molecule has 0 bridgehead atoms. The van der Waals surface area contributed by atoms with E-state index >= 15 is 0 Å². The topological polar surface area (TPSA) is 104 Å². The van der Waals surface area contributed by atoms with Gasteiger partial charge in [-0.05, 0) is 30.4 Å². The standard InChI is InChI=1S/C21H31N3O4/c1-13(2)16(12-25)23-18(26)14(3)22-20(28)17(21(4,5)6)24-19(27)15-10-8-7-9-11-15/h7-14,16-17H,1-6H3,(H,22,28)(H,23,26)(H,24,27)/t14-,16+,17+/m0/s1. The molecule has 7 nitrogen and oxygen atoms in total. The van der Waals surface area contributed by atoms with Crippen molar-refractivity contribution in [2.75, 3.05) is 0 Å². The van der Waals surface area contributed by atoms with Gasteiger partial charge < -0.3 is 20.7 Å². The van der Waals surface area contributed by atoms with Crippen LogP contribution < -0.4 is 16.0 Å². The van der Waals surface area contributed by atoms with Crippen LogP contribution in [-0.2, 0) is 14.4 Å². The number of aldehydes is 1. The van der Waals surface area contributed by atoms with Crippen LogP contribution in [0.4, 0.5) is 0 Å². The van der Waals surface area contributed by atoms with Gasteiger partial charge in [0.1, 0.15) is 18.4 Å². The van der Waals surface area contributed by atoms with E-state index in [2.05, 4.69) is 16.0 Å². The summed E-state index contributed by atoms with van der Waals surface area (Å²) in [6, 6.07) is 6.28. The lowest BCUT2D eigenvalue weighted by Crippen LogP contribution is -2.58. The number of amides is 3. The summed E-state index contributed by atoms with van der Waals surface area (Å²) >= 11 is 0. The molecule has 0 saturated heterocycles. The minimum Gasteiger partial charge on any atom is -0.345 e. The maximum atomic E-state index is 12.8. The molecule has 1 aromatic carbocycles. The fourth-order valence-electron chi connectivity index (χ4n) is 2.49. The summed E-state index contributed by atoms with van der Waals surface area (Å²) in [5.74, 6) is -1.35. The molecule has 0 unspecified atom stereocenters. The average Bonchev–Trinajstić information content (AvgIpc) is 2.62. The zero-order chi connectivity index (χ0) is 21.5. The SMILES string of the molecule is CC(C)[C@@H](C=O)NC(=O)[C@H](C)NC(=O)[C@@H](NC(=O)c1ccccc1)C(C)(C)C. The number of carbonyl (C=O) groups is 4. The first-order valence-electron chi connectivity index (χ1n) is 9.39. The van der Waals surface area contributed by atoms with Gasteiger partial charge in [-0.15, -0.1) is 0 Å². The van der Waals surface area contributed by atoms with E-state index in [1.807, 2.05) is 34.6 Å². The molecule has 1 aromatic rings. The Hall–Kier alpha value is -2.70. The Morgan fingerprint density at radius 2 is 1.46 bits per heavy atom. The molecule has 7 heteroatoms. The Balaban J connectivity index is 2.83. The molecule has 0 aromatic heterocycles. The van der Waals surface area contributed by atoms with Crippen LogP contribution in [0, 0.1) is 11.3 Å². The highest BCUT2D eigenvalue weighted by atomic mass is 16.2. The molecule has 0 radical (unpaired) electrons. The van der Waals surface area contributed by atoms with Gasteiger partial charge in [-0.25, -0.2) is 0 Å². The summed E-state index contributed by atoms with van der Waals surface area (Å²) in [4.78, 5) is 48.6. The van der Waals surface area contributed by atoms with Crippen molar-refractivity contribution in [3.63, 3.8) is 0 Å². The zero-order valence-electron chi connectivity index (χ0n) is 17.4. The van der Waals surface area contributed by atoms with Crippen LogP contribution >= 0.6 is 0 Å². The molecular formula is C21H31N3O4. The first kappa shape index (κ1) is 23.3. The molecule has 0 heterocycles. The highest BCUT2D eigenvalue weighted by Crippen LogP contribution is 2.20. The van der Waals surface area contributed by atoms with E-state index in [1.54, 1.807) is 30.3 Å². The third kappa shape index (κ3) is 6.79. The largest absolute Gasteiger partial charge is 0.345 e. The van der Waals surface area contributed by atoms with Gasteiger partial charge in [0.05, 0.1) is 6.04 Å². The summed E-state index contributed by atoms with van der Waals surface area (Å²) in [6.45, 7) is 10.7. The highest BCUT2D eigenvalue weighted by molar-refractivity contribution is 5.98. The molecule has 3 atom stereocenters. The van der Waals surface area contributed by atoms with Crippen molar-refractivity contribution in [1.82, 2.24) is 16.0 Å². The minimum absolute atomic E-state index is 0.0585. The van der Waals surface area contributed by atoms with E-state index in [1.165, 1.54) is 6.92 Å². The molecule has 0 aliphatic heterocycles. The van der Waals surface area contributed by atoms with Crippen LogP contribution in [0.15, 0.2) is 30.3 Å². The first-order chi connectivity index (χ1) is 13.0. The number of rotatable bonds is 8. The lowest BCUT2D eigenvalue weighted by Gasteiger charge is -2.31. The average molecular weight is 389 g/mol. The number of nitrogens with one attached hydrogen (secondary N) is 3. The number of hydrogen-bond donors (Lipinski definition) is 3. The van der Waals surface area contributed by atoms with Crippen LogP contribution in [-0.4, -0.2) is 42.1 Å². The Morgan fingerprint density at radius 1 is 0.893 bits per heavy atom. The van der Waals surface area contributed by atoms with Crippen LogP contribution in [0.1, 0.15) is 51.9 Å². The van der Waals surface area contributed by atoms with E-state index in [0.717, 1.165) is 0 Å². The Morgan fingerprint density at radius 3 is 1.93 bits per heavy atom. The van der Waals surface area contributed by atoms with Crippen LogP contribution in [0.5, 0.6) is 0 Å². The molecule has 0 spiro atoms. The summed E-state index contributed by atoms with van der Waals surface area (Å²) in [5.41, 5.74) is -0.130. The highest BCUT2D eigenvalue weighted by Gasteiger charge is 2.34. The molecule has 0 aliphatic rings.